The first-order chi connectivity index (χ1) is 4.36. The number of carbonyl (C=O) groups excluding carboxylic acids is 1. The van der Waals surface area contributed by atoms with Crippen molar-refractivity contribution in [2.75, 3.05) is 0 Å². The van der Waals surface area contributed by atoms with E-state index in [0.29, 0.717) is 5.92 Å². The molecule has 0 atom stereocenters. The predicted molar refractivity (Wildman–Crippen MR) is 41.3 cm³/mol. The van der Waals surface area contributed by atoms with E-state index in [1.54, 1.807) is 0 Å². The summed E-state index contributed by atoms with van der Waals surface area (Å²) in [6.45, 7) is 7.76. The van der Waals surface area contributed by atoms with Gasteiger partial charge in [0, 0.05) is 5.41 Å². The van der Waals surface area contributed by atoms with Crippen molar-refractivity contribution in [2.45, 2.75) is 34.1 Å². The summed E-state index contributed by atoms with van der Waals surface area (Å²) in [5.74, 6) is 0.0329. The van der Waals surface area contributed by atoms with Crippen molar-refractivity contribution in [2.24, 2.45) is 11.3 Å². The Kier molecular flexibility index (Phi) is 2.88. The summed E-state index contributed by atoms with van der Waals surface area (Å²) in [5.41, 5.74) is 6.48. The Bertz CT molecular complexity index is 127. The Hall–Kier alpha value is -0.530. The van der Waals surface area contributed by atoms with Crippen LogP contribution in [0.15, 0.2) is 0 Å². The molecule has 0 aromatic carbocycles. The first-order valence-electron chi connectivity index (χ1n) is 3.62. The molecule has 0 bridgehead atoms. The minimum atomic E-state index is -0.457. The molecule has 1 N–H and O–H groups in total. The van der Waals surface area contributed by atoms with Crippen LogP contribution in [0.25, 0.3) is 0 Å². The molecule has 10 heavy (non-hydrogen) atoms. The molecule has 0 aromatic heterocycles. The number of hydrogen-bond donors (Lipinski definition) is 0. The molecule has 0 aromatic rings. The zero-order valence-electron chi connectivity index (χ0n) is 7.19. The molecule has 0 rings (SSSR count). The first-order valence-corrected chi connectivity index (χ1v) is 3.62. The van der Waals surface area contributed by atoms with E-state index in [4.69, 9.17) is 5.73 Å². The van der Waals surface area contributed by atoms with Crippen molar-refractivity contribution < 1.29 is 4.79 Å². The van der Waals surface area contributed by atoms with Crippen molar-refractivity contribution in [1.82, 2.24) is 5.73 Å². The van der Waals surface area contributed by atoms with Gasteiger partial charge in [-0.15, -0.1) is 0 Å². The summed E-state index contributed by atoms with van der Waals surface area (Å²) in [4.78, 5) is 10.7. The molecule has 2 heteroatoms. The maximum atomic E-state index is 10.7. The normalized spacial score (nSPS) is 12.1. The van der Waals surface area contributed by atoms with Crippen LogP contribution in [0, 0.1) is 11.3 Å². The second kappa shape index (κ2) is 3.04. The molecule has 1 radical (unpaired) electrons. The summed E-state index contributed by atoms with van der Waals surface area (Å²) in [6, 6.07) is 0. The lowest BCUT2D eigenvalue weighted by Crippen LogP contribution is -2.26. The van der Waals surface area contributed by atoms with Gasteiger partial charge in [-0.25, -0.2) is 0 Å². The third kappa shape index (κ3) is 2.85. The summed E-state index contributed by atoms with van der Waals surface area (Å²) < 4.78 is 0. The molecule has 0 aliphatic rings. The zero-order valence-corrected chi connectivity index (χ0v) is 7.19. The molecule has 0 spiro atoms. The van der Waals surface area contributed by atoms with Crippen molar-refractivity contribution in [3.05, 3.63) is 0 Å². The van der Waals surface area contributed by atoms with Gasteiger partial charge in [0.15, 0.2) is 0 Å². The lowest BCUT2D eigenvalue weighted by Gasteiger charge is -2.21. The van der Waals surface area contributed by atoms with Gasteiger partial charge in [0.25, 0.3) is 0 Å². The summed E-state index contributed by atoms with van der Waals surface area (Å²) in [7, 11) is 0. The van der Waals surface area contributed by atoms with E-state index < -0.39 is 11.3 Å². The van der Waals surface area contributed by atoms with Gasteiger partial charge in [0.1, 0.15) is 0 Å². The van der Waals surface area contributed by atoms with Crippen molar-refractivity contribution in [3.8, 4) is 0 Å². The Morgan fingerprint density at radius 2 is 1.90 bits per heavy atom. The molecule has 0 aliphatic heterocycles. The monoisotopic (exact) mass is 142 g/mol. The third-order valence-corrected chi connectivity index (χ3v) is 1.53. The van der Waals surface area contributed by atoms with Gasteiger partial charge in [-0.3, -0.25) is 10.5 Å². The Balaban J connectivity index is 4.00. The average molecular weight is 142 g/mol. The number of hydrogen-bond acceptors (Lipinski definition) is 1. The van der Waals surface area contributed by atoms with E-state index in [2.05, 4.69) is 13.8 Å². The summed E-state index contributed by atoms with van der Waals surface area (Å²) in [5, 5.41) is 0. The average Bonchev–Trinajstić information content (AvgIpc) is 1.60. The fourth-order valence-electron chi connectivity index (χ4n) is 1.11. The van der Waals surface area contributed by atoms with E-state index in [0.717, 1.165) is 6.42 Å². The highest BCUT2D eigenvalue weighted by Gasteiger charge is 2.26. The first kappa shape index (κ1) is 9.47. The van der Waals surface area contributed by atoms with Crippen LogP contribution >= 0.6 is 0 Å². The number of nitrogens with one attached hydrogen (secondary N) is 1. The molecule has 1 amide bonds. The molecular formula is C8H16NO. The maximum Gasteiger partial charge on any atom is 0.244 e. The third-order valence-electron chi connectivity index (χ3n) is 1.53. The molecule has 0 saturated carbocycles. The fraction of sp³-hybridized carbons (Fsp3) is 0.875. The van der Waals surface area contributed by atoms with Gasteiger partial charge >= 0.3 is 0 Å². The highest BCUT2D eigenvalue weighted by Crippen LogP contribution is 2.24. The molecule has 0 heterocycles. The van der Waals surface area contributed by atoms with Crippen molar-refractivity contribution >= 4 is 5.91 Å². The Labute approximate surface area is 62.8 Å². The van der Waals surface area contributed by atoms with Crippen LogP contribution in [0.3, 0.4) is 0 Å². The van der Waals surface area contributed by atoms with Gasteiger partial charge in [-0.1, -0.05) is 27.7 Å². The number of amides is 1. The quantitative estimate of drug-likeness (QED) is 0.593. The number of carbonyl (C=O) groups is 1. The van der Waals surface area contributed by atoms with Crippen LogP contribution < -0.4 is 5.73 Å². The van der Waals surface area contributed by atoms with Gasteiger partial charge < -0.3 is 0 Å². The predicted octanol–water partition coefficient (Wildman–Crippen LogP) is 1.87. The van der Waals surface area contributed by atoms with E-state index in [9.17, 15) is 4.79 Å². The van der Waals surface area contributed by atoms with Crippen LogP contribution in [0.5, 0.6) is 0 Å². The Morgan fingerprint density at radius 3 is 2.00 bits per heavy atom. The van der Waals surface area contributed by atoms with Gasteiger partial charge in [0.2, 0.25) is 5.91 Å². The molecule has 0 aliphatic carbocycles. The minimum absolute atomic E-state index is 0.450. The zero-order chi connectivity index (χ0) is 8.36. The Morgan fingerprint density at radius 1 is 1.50 bits per heavy atom. The van der Waals surface area contributed by atoms with Crippen LogP contribution in [-0.4, -0.2) is 5.91 Å². The molecule has 0 unspecified atom stereocenters. The van der Waals surface area contributed by atoms with E-state index in [-0.39, 0.29) is 0 Å². The van der Waals surface area contributed by atoms with E-state index in [1.165, 1.54) is 0 Å². The van der Waals surface area contributed by atoms with Gasteiger partial charge in [-0.05, 0) is 12.3 Å². The van der Waals surface area contributed by atoms with E-state index >= 15 is 0 Å². The SMILES string of the molecule is CC(C)CC(C)(C)C([NH])=O. The lowest BCUT2D eigenvalue weighted by atomic mass is 9.83. The summed E-state index contributed by atoms with van der Waals surface area (Å²) in [6.07, 6.45) is 0.801. The second-order valence-electron chi connectivity index (χ2n) is 3.81. The van der Waals surface area contributed by atoms with Crippen LogP contribution in [0.1, 0.15) is 34.1 Å². The highest BCUT2D eigenvalue weighted by atomic mass is 16.1. The van der Waals surface area contributed by atoms with Crippen molar-refractivity contribution in [3.63, 3.8) is 0 Å². The van der Waals surface area contributed by atoms with Gasteiger partial charge in [-0.2, -0.15) is 0 Å². The molecular weight excluding hydrogens is 126 g/mol. The fourth-order valence-corrected chi connectivity index (χ4v) is 1.11. The second-order valence-corrected chi connectivity index (χ2v) is 3.81. The smallest absolute Gasteiger partial charge is 0.244 e. The molecule has 0 saturated heterocycles. The minimum Gasteiger partial charge on any atom is -0.273 e. The van der Waals surface area contributed by atoms with Gasteiger partial charge in [0.05, 0.1) is 0 Å². The largest absolute Gasteiger partial charge is 0.273 e. The maximum absolute atomic E-state index is 10.7. The van der Waals surface area contributed by atoms with Crippen LogP contribution in [-0.2, 0) is 4.79 Å². The lowest BCUT2D eigenvalue weighted by molar-refractivity contribution is -0.127. The standard InChI is InChI=1S/C8H16NO/c1-6(2)5-8(3,4)7(9)10/h6,9H,5H2,1-4H3. The van der Waals surface area contributed by atoms with E-state index in [1.807, 2.05) is 13.8 Å². The molecule has 59 valence electrons. The number of rotatable bonds is 3. The topological polar surface area (TPSA) is 40.9 Å². The highest BCUT2D eigenvalue weighted by molar-refractivity contribution is 5.79. The molecule has 2 nitrogen and oxygen atoms in total. The molecule has 0 fully saturated rings. The summed E-state index contributed by atoms with van der Waals surface area (Å²) >= 11 is 0. The van der Waals surface area contributed by atoms with Crippen molar-refractivity contribution in [1.29, 1.82) is 0 Å². The van der Waals surface area contributed by atoms with Crippen LogP contribution in [0.4, 0.5) is 0 Å². The van der Waals surface area contributed by atoms with Crippen LogP contribution in [0.2, 0.25) is 0 Å².